The molecule has 0 aliphatic carbocycles. The molecule has 0 spiro atoms. The standard InChI is InChI=1S/C12H19N3O/c1-9-3-2-5-14-11(9)12(16)15-8-10-4-6-13-7-10/h4,6-7,9,11,13-14H,2-3,5,8H2,1H3,(H,15,16). The summed E-state index contributed by atoms with van der Waals surface area (Å²) in [5, 5.41) is 6.24. The Morgan fingerprint density at radius 1 is 1.62 bits per heavy atom. The zero-order valence-corrected chi connectivity index (χ0v) is 9.62. The van der Waals surface area contributed by atoms with Gasteiger partial charge >= 0.3 is 0 Å². The second-order valence-electron chi connectivity index (χ2n) is 4.49. The number of hydrogen-bond acceptors (Lipinski definition) is 2. The van der Waals surface area contributed by atoms with Gasteiger partial charge in [-0.3, -0.25) is 4.79 Å². The Bertz CT molecular complexity index is 334. The van der Waals surface area contributed by atoms with Crippen LogP contribution in [-0.2, 0) is 11.3 Å². The van der Waals surface area contributed by atoms with Crippen LogP contribution in [-0.4, -0.2) is 23.5 Å². The van der Waals surface area contributed by atoms with Crippen LogP contribution in [0, 0.1) is 5.92 Å². The Hall–Kier alpha value is -1.29. The molecule has 1 aromatic heterocycles. The van der Waals surface area contributed by atoms with Crippen LogP contribution < -0.4 is 10.6 Å². The first kappa shape index (κ1) is 11.2. The molecule has 2 atom stereocenters. The molecule has 16 heavy (non-hydrogen) atoms. The lowest BCUT2D eigenvalue weighted by molar-refractivity contribution is -0.125. The molecular formula is C12H19N3O. The average molecular weight is 221 g/mol. The minimum absolute atomic E-state index is 0.0207. The van der Waals surface area contributed by atoms with Crippen molar-refractivity contribution in [2.24, 2.45) is 5.92 Å². The Morgan fingerprint density at radius 3 is 3.19 bits per heavy atom. The van der Waals surface area contributed by atoms with Crippen molar-refractivity contribution in [3.8, 4) is 0 Å². The SMILES string of the molecule is CC1CCCNC1C(=O)NCc1cc[nH]c1. The van der Waals surface area contributed by atoms with Crippen molar-refractivity contribution in [3.05, 3.63) is 24.0 Å². The molecule has 1 fully saturated rings. The second-order valence-corrected chi connectivity index (χ2v) is 4.49. The van der Waals surface area contributed by atoms with Crippen LogP contribution in [0.2, 0.25) is 0 Å². The molecule has 88 valence electrons. The molecule has 0 saturated carbocycles. The van der Waals surface area contributed by atoms with Gasteiger partial charge in [0.1, 0.15) is 0 Å². The van der Waals surface area contributed by atoms with E-state index in [1.54, 1.807) is 0 Å². The van der Waals surface area contributed by atoms with Gasteiger partial charge in [-0.25, -0.2) is 0 Å². The maximum atomic E-state index is 11.9. The van der Waals surface area contributed by atoms with E-state index in [0.29, 0.717) is 12.5 Å². The summed E-state index contributed by atoms with van der Waals surface area (Å²) in [5.41, 5.74) is 1.11. The summed E-state index contributed by atoms with van der Waals surface area (Å²) in [6, 6.07) is 1.95. The maximum absolute atomic E-state index is 11.9. The van der Waals surface area contributed by atoms with Gasteiger partial charge in [-0.05, 0) is 36.9 Å². The highest BCUT2D eigenvalue weighted by molar-refractivity contribution is 5.82. The molecule has 3 N–H and O–H groups in total. The topological polar surface area (TPSA) is 56.9 Å². The van der Waals surface area contributed by atoms with Gasteiger partial charge in [0.05, 0.1) is 6.04 Å². The van der Waals surface area contributed by atoms with E-state index in [1.165, 1.54) is 6.42 Å². The van der Waals surface area contributed by atoms with Crippen LogP contribution in [0.1, 0.15) is 25.3 Å². The summed E-state index contributed by atoms with van der Waals surface area (Å²) in [7, 11) is 0. The molecule has 2 rings (SSSR count). The van der Waals surface area contributed by atoms with Gasteiger partial charge < -0.3 is 15.6 Å². The second kappa shape index (κ2) is 5.16. The third kappa shape index (κ3) is 2.64. The van der Waals surface area contributed by atoms with Crippen molar-refractivity contribution in [2.75, 3.05) is 6.54 Å². The summed E-state index contributed by atoms with van der Waals surface area (Å²) in [4.78, 5) is 14.9. The molecule has 1 aromatic rings. The molecule has 0 bridgehead atoms. The summed E-state index contributed by atoms with van der Waals surface area (Å²) in [5.74, 6) is 0.549. The minimum Gasteiger partial charge on any atom is -0.367 e. The summed E-state index contributed by atoms with van der Waals surface area (Å²) < 4.78 is 0. The molecule has 0 radical (unpaired) electrons. The first-order chi connectivity index (χ1) is 7.77. The third-order valence-electron chi connectivity index (χ3n) is 3.18. The Morgan fingerprint density at radius 2 is 2.50 bits per heavy atom. The number of carbonyl (C=O) groups excluding carboxylic acids is 1. The number of amides is 1. The zero-order chi connectivity index (χ0) is 11.4. The third-order valence-corrected chi connectivity index (χ3v) is 3.18. The van der Waals surface area contributed by atoms with Crippen LogP contribution >= 0.6 is 0 Å². The van der Waals surface area contributed by atoms with Crippen molar-refractivity contribution in [1.29, 1.82) is 0 Å². The smallest absolute Gasteiger partial charge is 0.237 e. The normalized spacial score (nSPS) is 25.3. The van der Waals surface area contributed by atoms with E-state index in [1.807, 2.05) is 18.5 Å². The first-order valence-corrected chi connectivity index (χ1v) is 5.90. The van der Waals surface area contributed by atoms with Gasteiger partial charge in [0.25, 0.3) is 0 Å². The van der Waals surface area contributed by atoms with Crippen molar-refractivity contribution < 1.29 is 4.79 Å². The lowest BCUT2D eigenvalue weighted by atomic mass is 9.92. The molecule has 2 unspecified atom stereocenters. The highest BCUT2D eigenvalue weighted by atomic mass is 16.2. The van der Waals surface area contributed by atoms with Crippen molar-refractivity contribution in [1.82, 2.24) is 15.6 Å². The fourth-order valence-corrected chi connectivity index (χ4v) is 2.17. The van der Waals surface area contributed by atoms with Crippen LogP contribution in [0.5, 0.6) is 0 Å². The van der Waals surface area contributed by atoms with E-state index in [-0.39, 0.29) is 11.9 Å². The lowest BCUT2D eigenvalue weighted by Gasteiger charge is -2.28. The molecule has 1 aliphatic heterocycles. The number of nitrogens with one attached hydrogen (secondary N) is 3. The zero-order valence-electron chi connectivity index (χ0n) is 9.62. The van der Waals surface area contributed by atoms with E-state index in [4.69, 9.17) is 0 Å². The maximum Gasteiger partial charge on any atom is 0.237 e. The van der Waals surface area contributed by atoms with Gasteiger partial charge in [0.2, 0.25) is 5.91 Å². The van der Waals surface area contributed by atoms with E-state index in [2.05, 4.69) is 22.5 Å². The number of rotatable bonds is 3. The monoisotopic (exact) mass is 221 g/mol. The summed E-state index contributed by atoms with van der Waals surface area (Å²) >= 11 is 0. The largest absolute Gasteiger partial charge is 0.367 e. The number of carbonyl (C=O) groups is 1. The van der Waals surface area contributed by atoms with Gasteiger partial charge in [-0.15, -0.1) is 0 Å². The van der Waals surface area contributed by atoms with Crippen LogP contribution in [0.4, 0.5) is 0 Å². The number of aromatic amines is 1. The van der Waals surface area contributed by atoms with Crippen LogP contribution in [0.25, 0.3) is 0 Å². The molecule has 4 heteroatoms. The highest BCUT2D eigenvalue weighted by Gasteiger charge is 2.26. The van der Waals surface area contributed by atoms with Gasteiger partial charge in [-0.2, -0.15) is 0 Å². The Balaban J connectivity index is 1.83. The van der Waals surface area contributed by atoms with E-state index in [0.717, 1.165) is 18.5 Å². The predicted molar refractivity (Wildman–Crippen MR) is 62.8 cm³/mol. The fraction of sp³-hybridized carbons (Fsp3) is 0.583. The minimum atomic E-state index is -0.0207. The first-order valence-electron chi connectivity index (χ1n) is 5.90. The molecular weight excluding hydrogens is 202 g/mol. The Labute approximate surface area is 95.8 Å². The summed E-state index contributed by atoms with van der Waals surface area (Å²) in [6.07, 6.45) is 6.07. The lowest BCUT2D eigenvalue weighted by Crippen LogP contribution is -2.50. The number of H-pyrrole nitrogens is 1. The van der Waals surface area contributed by atoms with Crippen LogP contribution in [0.15, 0.2) is 18.5 Å². The van der Waals surface area contributed by atoms with Gasteiger partial charge in [0.15, 0.2) is 0 Å². The molecule has 4 nitrogen and oxygen atoms in total. The van der Waals surface area contributed by atoms with E-state index < -0.39 is 0 Å². The van der Waals surface area contributed by atoms with Gasteiger partial charge in [0, 0.05) is 18.9 Å². The fourth-order valence-electron chi connectivity index (χ4n) is 2.17. The van der Waals surface area contributed by atoms with Crippen molar-refractivity contribution in [3.63, 3.8) is 0 Å². The quantitative estimate of drug-likeness (QED) is 0.713. The molecule has 2 heterocycles. The molecule has 0 aromatic carbocycles. The van der Waals surface area contributed by atoms with Crippen molar-refractivity contribution in [2.45, 2.75) is 32.4 Å². The number of piperidine rings is 1. The number of aromatic nitrogens is 1. The van der Waals surface area contributed by atoms with Gasteiger partial charge in [-0.1, -0.05) is 6.92 Å². The summed E-state index contributed by atoms with van der Waals surface area (Å²) in [6.45, 7) is 3.69. The number of hydrogen-bond donors (Lipinski definition) is 3. The molecule has 1 aliphatic rings. The Kier molecular flexibility index (Phi) is 3.62. The average Bonchev–Trinajstić information content (AvgIpc) is 2.79. The highest BCUT2D eigenvalue weighted by Crippen LogP contribution is 2.15. The predicted octanol–water partition coefficient (Wildman–Crippen LogP) is 1.02. The van der Waals surface area contributed by atoms with E-state index >= 15 is 0 Å². The van der Waals surface area contributed by atoms with Crippen molar-refractivity contribution >= 4 is 5.91 Å². The molecule has 1 amide bonds. The molecule has 1 saturated heterocycles. The van der Waals surface area contributed by atoms with E-state index in [9.17, 15) is 4.79 Å². The van der Waals surface area contributed by atoms with Crippen LogP contribution in [0.3, 0.4) is 0 Å².